The number of nitrogens with one attached hydrogen (secondary N) is 3. The molecule has 0 saturated carbocycles. The van der Waals surface area contributed by atoms with Crippen LogP contribution in [0.1, 0.15) is 39.7 Å². The summed E-state index contributed by atoms with van der Waals surface area (Å²) in [7, 11) is 0. The molecule has 0 saturated heterocycles. The third-order valence-electron chi connectivity index (χ3n) is 3.57. The van der Waals surface area contributed by atoms with Gasteiger partial charge in [-0.05, 0) is 13.0 Å². The topological polar surface area (TPSA) is 180 Å². The molecule has 0 aromatic carbocycles. The fraction of sp³-hybridized carbons (Fsp3) is 0.235. The lowest BCUT2D eigenvalue weighted by molar-refractivity contribution is 0.0663. The monoisotopic (exact) mass is 406 g/mol. The van der Waals surface area contributed by atoms with Gasteiger partial charge in [-0.1, -0.05) is 6.07 Å². The zero-order chi connectivity index (χ0) is 21.4. The van der Waals surface area contributed by atoms with Crippen LogP contribution in [-0.2, 0) is 4.74 Å². The first-order valence-corrected chi connectivity index (χ1v) is 8.27. The van der Waals surface area contributed by atoms with E-state index in [1.165, 1.54) is 5.48 Å². The molecule has 3 amide bonds. The van der Waals surface area contributed by atoms with Gasteiger partial charge in [0.25, 0.3) is 5.91 Å². The summed E-state index contributed by atoms with van der Waals surface area (Å²) in [6.07, 6.45) is 1.91. The molecule has 2 aromatic rings. The number of pyridine rings is 1. The van der Waals surface area contributed by atoms with Gasteiger partial charge in [-0.25, -0.2) is 10.3 Å². The van der Waals surface area contributed by atoms with Crippen LogP contribution in [0.2, 0.25) is 0 Å². The standard InChI is InChI=1S/C17H18N4O8/c1-9(10-3-2-4-18-8-10)28-17(26)20-6-5-19-15(24)12-7-11(22)13(23)14(29-12)16(25)21-27/h2-4,7-9,23,27H,5-6H2,1H3,(H,19,24)(H,20,26)(H,21,25)/t9-/m0/s1. The van der Waals surface area contributed by atoms with Crippen LogP contribution in [0.3, 0.4) is 0 Å². The number of aromatic hydroxyl groups is 1. The molecule has 12 nitrogen and oxygen atoms in total. The van der Waals surface area contributed by atoms with E-state index in [9.17, 15) is 24.3 Å². The predicted octanol–water partition coefficient (Wildman–Crippen LogP) is 0.0766. The Morgan fingerprint density at radius 2 is 1.97 bits per heavy atom. The van der Waals surface area contributed by atoms with Gasteiger partial charge in [-0.2, -0.15) is 0 Å². The molecule has 12 heteroatoms. The summed E-state index contributed by atoms with van der Waals surface area (Å²) in [5.41, 5.74) is 0.838. The largest absolute Gasteiger partial charge is 0.501 e. The highest BCUT2D eigenvalue weighted by atomic mass is 16.6. The second-order valence-corrected chi connectivity index (χ2v) is 5.61. The Morgan fingerprint density at radius 3 is 2.62 bits per heavy atom. The zero-order valence-electron chi connectivity index (χ0n) is 15.2. The van der Waals surface area contributed by atoms with E-state index in [0.29, 0.717) is 11.6 Å². The third kappa shape index (κ3) is 5.77. The minimum absolute atomic E-state index is 0.00334. The molecule has 2 aromatic heterocycles. The number of aromatic nitrogens is 1. The van der Waals surface area contributed by atoms with Gasteiger partial charge in [0, 0.05) is 37.1 Å². The average Bonchev–Trinajstić information content (AvgIpc) is 2.72. The SMILES string of the molecule is C[C@H](OC(=O)NCCNC(=O)c1cc(=O)c(O)c(C(=O)NO)o1)c1cccnc1. The summed E-state index contributed by atoms with van der Waals surface area (Å²) in [6, 6.07) is 4.14. The highest BCUT2D eigenvalue weighted by Crippen LogP contribution is 2.15. The van der Waals surface area contributed by atoms with Crippen molar-refractivity contribution in [2.24, 2.45) is 0 Å². The van der Waals surface area contributed by atoms with Crippen LogP contribution >= 0.6 is 0 Å². The summed E-state index contributed by atoms with van der Waals surface area (Å²) in [5.74, 6) is -4.73. The van der Waals surface area contributed by atoms with Gasteiger partial charge in [0.15, 0.2) is 5.76 Å². The number of hydroxylamine groups is 1. The number of carbonyl (C=O) groups excluding carboxylic acids is 3. The lowest BCUT2D eigenvalue weighted by Crippen LogP contribution is -2.35. The molecule has 0 spiro atoms. The van der Waals surface area contributed by atoms with Crippen LogP contribution in [0.4, 0.5) is 4.79 Å². The van der Waals surface area contributed by atoms with E-state index < -0.39 is 46.7 Å². The van der Waals surface area contributed by atoms with Crippen molar-refractivity contribution in [1.29, 1.82) is 0 Å². The Labute approximate surface area is 163 Å². The third-order valence-corrected chi connectivity index (χ3v) is 3.57. The van der Waals surface area contributed by atoms with Crippen molar-refractivity contribution in [2.45, 2.75) is 13.0 Å². The lowest BCUT2D eigenvalue weighted by atomic mass is 10.2. The van der Waals surface area contributed by atoms with Gasteiger partial charge >= 0.3 is 12.0 Å². The minimum Gasteiger partial charge on any atom is -0.501 e. The van der Waals surface area contributed by atoms with Crippen molar-refractivity contribution in [1.82, 2.24) is 21.1 Å². The Hall–Kier alpha value is -3.93. The zero-order valence-corrected chi connectivity index (χ0v) is 15.2. The number of amides is 3. The number of nitrogens with zero attached hydrogens (tertiary/aromatic N) is 1. The van der Waals surface area contributed by atoms with Crippen molar-refractivity contribution < 1.29 is 33.9 Å². The van der Waals surface area contributed by atoms with E-state index in [0.717, 1.165) is 0 Å². The summed E-state index contributed by atoms with van der Waals surface area (Å²) in [6.45, 7) is 1.61. The molecule has 0 bridgehead atoms. The lowest BCUT2D eigenvalue weighted by Gasteiger charge is -2.14. The maximum absolute atomic E-state index is 12.0. The summed E-state index contributed by atoms with van der Waals surface area (Å²) in [4.78, 5) is 50.6. The number of hydrogen-bond donors (Lipinski definition) is 5. The maximum Gasteiger partial charge on any atom is 0.407 e. The highest BCUT2D eigenvalue weighted by Gasteiger charge is 2.21. The molecule has 154 valence electrons. The van der Waals surface area contributed by atoms with Gasteiger partial charge in [-0.15, -0.1) is 0 Å². The predicted molar refractivity (Wildman–Crippen MR) is 95.4 cm³/mol. The van der Waals surface area contributed by atoms with E-state index >= 15 is 0 Å². The highest BCUT2D eigenvalue weighted by molar-refractivity contribution is 5.95. The van der Waals surface area contributed by atoms with Gasteiger partial charge in [-0.3, -0.25) is 24.6 Å². The molecule has 0 radical (unpaired) electrons. The maximum atomic E-state index is 12.0. The normalized spacial score (nSPS) is 11.2. The molecule has 2 rings (SSSR count). The van der Waals surface area contributed by atoms with Crippen LogP contribution < -0.4 is 21.5 Å². The number of carbonyl (C=O) groups is 3. The molecule has 0 aliphatic rings. The summed E-state index contributed by atoms with van der Waals surface area (Å²) in [5, 5.41) is 22.8. The van der Waals surface area contributed by atoms with Crippen molar-refractivity contribution >= 4 is 17.9 Å². The Balaban J connectivity index is 1.84. The molecule has 1 atom stereocenters. The van der Waals surface area contributed by atoms with Gasteiger partial charge in [0.05, 0.1) is 0 Å². The average molecular weight is 406 g/mol. The molecule has 29 heavy (non-hydrogen) atoms. The first kappa shape index (κ1) is 21.4. The Morgan fingerprint density at radius 1 is 1.24 bits per heavy atom. The van der Waals surface area contributed by atoms with E-state index in [1.54, 1.807) is 31.5 Å². The first-order chi connectivity index (χ1) is 13.8. The number of ether oxygens (including phenoxy) is 1. The fourth-order valence-electron chi connectivity index (χ4n) is 2.12. The molecule has 0 aliphatic carbocycles. The summed E-state index contributed by atoms with van der Waals surface area (Å²) >= 11 is 0. The number of alkyl carbamates (subject to hydrolysis) is 1. The molecule has 0 fully saturated rings. The van der Waals surface area contributed by atoms with E-state index in [4.69, 9.17) is 14.4 Å². The molecule has 2 heterocycles. The molecular formula is C17H18N4O8. The molecule has 0 aliphatic heterocycles. The number of hydrogen-bond acceptors (Lipinski definition) is 9. The van der Waals surface area contributed by atoms with Gasteiger partial charge in [0.2, 0.25) is 16.9 Å². The van der Waals surface area contributed by atoms with Gasteiger partial charge < -0.3 is 24.9 Å². The van der Waals surface area contributed by atoms with Crippen LogP contribution in [0.15, 0.2) is 39.8 Å². The van der Waals surface area contributed by atoms with Crippen molar-refractivity contribution in [2.75, 3.05) is 13.1 Å². The summed E-state index contributed by atoms with van der Waals surface area (Å²) < 4.78 is 9.98. The van der Waals surface area contributed by atoms with E-state index in [-0.39, 0.29) is 13.1 Å². The Bertz CT molecular complexity index is 944. The second kappa shape index (κ2) is 9.85. The second-order valence-electron chi connectivity index (χ2n) is 5.61. The quantitative estimate of drug-likeness (QED) is 0.242. The molecule has 0 unspecified atom stereocenters. The first-order valence-electron chi connectivity index (χ1n) is 8.27. The fourth-order valence-corrected chi connectivity index (χ4v) is 2.12. The number of rotatable bonds is 7. The van der Waals surface area contributed by atoms with E-state index in [2.05, 4.69) is 15.6 Å². The van der Waals surface area contributed by atoms with E-state index in [1.807, 2.05) is 0 Å². The van der Waals surface area contributed by atoms with Crippen LogP contribution in [0, 0.1) is 0 Å². The van der Waals surface area contributed by atoms with Crippen molar-refractivity contribution in [3.63, 3.8) is 0 Å². The van der Waals surface area contributed by atoms with Crippen LogP contribution in [0.25, 0.3) is 0 Å². The van der Waals surface area contributed by atoms with Crippen molar-refractivity contribution in [3.05, 3.63) is 57.9 Å². The van der Waals surface area contributed by atoms with Crippen molar-refractivity contribution in [3.8, 4) is 5.75 Å². The Kier molecular flexibility index (Phi) is 7.26. The minimum atomic E-state index is -1.30. The molecule has 5 N–H and O–H groups in total. The van der Waals surface area contributed by atoms with Gasteiger partial charge in [0.1, 0.15) is 6.10 Å². The smallest absolute Gasteiger partial charge is 0.407 e. The van der Waals surface area contributed by atoms with Crippen LogP contribution in [0.5, 0.6) is 5.75 Å². The van der Waals surface area contributed by atoms with Crippen LogP contribution in [-0.4, -0.2) is 46.3 Å². The molecular weight excluding hydrogens is 388 g/mol.